The van der Waals surface area contributed by atoms with Gasteiger partial charge in [0.2, 0.25) is 11.9 Å². The quantitative estimate of drug-likeness (QED) is 0.424. The number of amides is 1. The fourth-order valence-electron chi connectivity index (χ4n) is 4.87. The Hall–Kier alpha value is -3.89. The summed E-state index contributed by atoms with van der Waals surface area (Å²) in [5.74, 6) is 1.33. The predicted molar refractivity (Wildman–Crippen MR) is 153 cm³/mol. The molecule has 2 aromatic carbocycles. The van der Waals surface area contributed by atoms with E-state index in [1.807, 2.05) is 60.3 Å². The van der Waals surface area contributed by atoms with Crippen molar-refractivity contribution in [1.82, 2.24) is 19.8 Å². The van der Waals surface area contributed by atoms with Crippen molar-refractivity contribution in [2.75, 3.05) is 76.0 Å². The van der Waals surface area contributed by atoms with Crippen LogP contribution in [0.25, 0.3) is 11.3 Å². The molecule has 0 radical (unpaired) electrons. The zero-order chi connectivity index (χ0) is 27.2. The number of nitrogen functional groups attached to an aromatic ring is 1. The summed E-state index contributed by atoms with van der Waals surface area (Å²) < 4.78 is 11.7. The number of hydrogen-bond acceptors (Lipinski definition) is 9. The first-order valence-corrected chi connectivity index (χ1v) is 13.5. The van der Waals surface area contributed by atoms with Gasteiger partial charge in [-0.1, -0.05) is 0 Å². The molecule has 5 rings (SSSR count). The van der Waals surface area contributed by atoms with E-state index >= 15 is 0 Å². The summed E-state index contributed by atoms with van der Waals surface area (Å²) >= 11 is 0. The van der Waals surface area contributed by atoms with Crippen LogP contribution in [-0.4, -0.2) is 91.8 Å². The highest BCUT2D eigenvalue weighted by Gasteiger charge is 2.24. The Morgan fingerprint density at radius 1 is 1.08 bits per heavy atom. The summed E-state index contributed by atoms with van der Waals surface area (Å²) in [5.41, 5.74) is 10.7. The largest absolute Gasteiger partial charge is 0.488 e. The molecule has 3 aromatic rings. The summed E-state index contributed by atoms with van der Waals surface area (Å²) in [5, 5.41) is 3.29. The maximum atomic E-state index is 12.3. The molecule has 0 aliphatic carbocycles. The van der Waals surface area contributed by atoms with Gasteiger partial charge in [-0.25, -0.2) is 9.97 Å². The number of rotatable bonds is 8. The van der Waals surface area contributed by atoms with Crippen LogP contribution in [0.1, 0.15) is 12.8 Å². The van der Waals surface area contributed by atoms with Crippen molar-refractivity contribution in [3.63, 3.8) is 0 Å². The average Bonchev–Trinajstić information content (AvgIpc) is 2.95. The zero-order valence-electron chi connectivity index (χ0n) is 22.7. The minimum Gasteiger partial charge on any atom is -0.488 e. The van der Waals surface area contributed by atoms with Crippen LogP contribution in [-0.2, 0) is 9.53 Å². The average molecular weight is 532 g/mol. The van der Waals surface area contributed by atoms with E-state index in [9.17, 15) is 4.79 Å². The Bertz CT molecular complexity index is 1250. The van der Waals surface area contributed by atoms with Gasteiger partial charge < -0.3 is 35.2 Å². The number of hydrogen-bond donors (Lipinski definition) is 2. The minimum atomic E-state index is 0.0334. The Morgan fingerprint density at radius 2 is 1.82 bits per heavy atom. The number of carbonyl (C=O) groups is 1. The fraction of sp³-hybridized carbons (Fsp3) is 0.414. The van der Waals surface area contributed by atoms with E-state index in [0.717, 1.165) is 56.1 Å². The van der Waals surface area contributed by atoms with Crippen molar-refractivity contribution in [3.05, 3.63) is 54.7 Å². The number of benzene rings is 2. The topological polar surface area (TPSA) is 109 Å². The van der Waals surface area contributed by atoms with Crippen LogP contribution in [0.3, 0.4) is 0 Å². The second-order valence-electron chi connectivity index (χ2n) is 10.2. The molecule has 2 saturated heterocycles. The fourth-order valence-corrected chi connectivity index (χ4v) is 4.87. The standard InChI is InChI=1S/C29H37N7O3/c1-34(2)20-28(37)36-13-10-24(11-14-36)39-27-8-3-21(19-25(27)30)26-9-12-31-29(33-26)32-22-4-6-23(7-5-22)35-15-17-38-18-16-35/h3-9,12,19,24H,10-11,13-18,20,30H2,1-2H3,(H,31,32,33). The third-order valence-corrected chi connectivity index (χ3v) is 7.00. The summed E-state index contributed by atoms with van der Waals surface area (Å²) in [6.07, 6.45) is 3.34. The summed E-state index contributed by atoms with van der Waals surface area (Å²) in [7, 11) is 3.81. The highest BCUT2D eigenvalue weighted by molar-refractivity contribution is 5.78. The van der Waals surface area contributed by atoms with Gasteiger partial charge in [0.05, 0.1) is 31.1 Å². The molecule has 2 aliphatic rings. The van der Waals surface area contributed by atoms with Crippen LogP contribution >= 0.6 is 0 Å². The van der Waals surface area contributed by atoms with E-state index in [1.54, 1.807) is 6.20 Å². The number of nitrogens with one attached hydrogen (secondary N) is 1. The van der Waals surface area contributed by atoms with Gasteiger partial charge in [-0.2, -0.15) is 0 Å². The Balaban J connectivity index is 1.18. The second-order valence-corrected chi connectivity index (χ2v) is 10.2. The molecule has 39 heavy (non-hydrogen) atoms. The van der Waals surface area contributed by atoms with Crippen molar-refractivity contribution >= 4 is 28.9 Å². The molecular formula is C29H37N7O3. The molecule has 2 fully saturated rings. The molecule has 10 nitrogen and oxygen atoms in total. The van der Waals surface area contributed by atoms with Crippen LogP contribution in [0.15, 0.2) is 54.7 Å². The first kappa shape index (κ1) is 26.7. The van der Waals surface area contributed by atoms with Gasteiger partial charge in [-0.05, 0) is 62.6 Å². The Kier molecular flexibility index (Phi) is 8.43. The van der Waals surface area contributed by atoms with Crippen molar-refractivity contribution in [3.8, 4) is 17.0 Å². The molecule has 0 atom stereocenters. The number of morpholine rings is 1. The molecule has 1 amide bonds. The monoisotopic (exact) mass is 531 g/mol. The van der Waals surface area contributed by atoms with Crippen molar-refractivity contribution in [2.45, 2.75) is 18.9 Å². The first-order valence-electron chi connectivity index (χ1n) is 13.5. The third kappa shape index (κ3) is 6.96. The number of aromatic nitrogens is 2. The van der Waals surface area contributed by atoms with E-state index in [4.69, 9.17) is 20.2 Å². The third-order valence-electron chi connectivity index (χ3n) is 7.00. The normalized spacial score (nSPS) is 16.4. The van der Waals surface area contributed by atoms with Crippen molar-refractivity contribution in [1.29, 1.82) is 0 Å². The second kappa shape index (κ2) is 12.3. The summed E-state index contributed by atoms with van der Waals surface area (Å²) in [6.45, 7) is 5.16. The predicted octanol–water partition coefficient (Wildman–Crippen LogP) is 3.24. The van der Waals surface area contributed by atoms with E-state index in [-0.39, 0.29) is 12.0 Å². The molecule has 3 heterocycles. The van der Waals surface area contributed by atoms with Gasteiger partial charge in [0.25, 0.3) is 0 Å². The number of likely N-dealkylation sites (N-methyl/N-ethyl adjacent to an activating group) is 1. The number of likely N-dealkylation sites (tertiary alicyclic amines) is 1. The SMILES string of the molecule is CN(C)CC(=O)N1CCC(Oc2ccc(-c3ccnc(Nc4ccc(N5CCOCC5)cc4)n3)cc2N)CC1. The molecule has 10 heteroatoms. The molecule has 3 N–H and O–H groups in total. The van der Waals surface area contributed by atoms with Crippen molar-refractivity contribution < 1.29 is 14.3 Å². The van der Waals surface area contributed by atoms with Crippen LogP contribution in [0.2, 0.25) is 0 Å². The minimum absolute atomic E-state index is 0.0334. The van der Waals surface area contributed by atoms with Crippen molar-refractivity contribution in [2.24, 2.45) is 0 Å². The summed E-state index contributed by atoms with van der Waals surface area (Å²) in [6, 6.07) is 15.9. The van der Waals surface area contributed by atoms with E-state index in [2.05, 4.69) is 27.3 Å². The molecule has 0 saturated carbocycles. The van der Waals surface area contributed by atoms with Crippen LogP contribution in [0.5, 0.6) is 5.75 Å². The highest BCUT2D eigenvalue weighted by atomic mass is 16.5. The van der Waals surface area contributed by atoms with Gasteiger partial charge >= 0.3 is 0 Å². The summed E-state index contributed by atoms with van der Waals surface area (Å²) in [4.78, 5) is 27.5. The van der Waals surface area contributed by atoms with Gasteiger partial charge in [0, 0.05) is 62.2 Å². The van der Waals surface area contributed by atoms with E-state index in [1.165, 1.54) is 5.69 Å². The van der Waals surface area contributed by atoms with Gasteiger partial charge in [0.1, 0.15) is 11.9 Å². The molecule has 0 unspecified atom stereocenters. The lowest BCUT2D eigenvalue weighted by Crippen LogP contribution is -2.45. The number of nitrogens with two attached hydrogens (primary N) is 1. The van der Waals surface area contributed by atoms with Gasteiger partial charge in [0.15, 0.2) is 0 Å². The lowest BCUT2D eigenvalue weighted by molar-refractivity contribution is -0.133. The molecule has 1 aromatic heterocycles. The van der Waals surface area contributed by atoms with Crippen LogP contribution in [0, 0.1) is 0 Å². The first-order chi connectivity index (χ1) is 18.9. The number of carbonyl (C=O) groups excluding carboxylic acids is 1. The van der Waals surface area contributed by atoms with Crippen LogP contribution < -0.4 is 20.7 Å². The zero-order valence-corrected chi connectivity index (χ0v) is 22.7. The Morgan fingerprint density at radius 3 is 2.51 bits per heavy atom. The molecule has 206 valence electrons. The number of piperidine rings is 1. The molecule has 2 aliphatic heterocycles. The highest BCUT2D eigenvalue weighted by Crippen LogP contribution is 2.30. The maximum Gasteiger partial charge on any atom is 0.236 e. The van der Waals surface area contributed by atoms with Gasteiger partial charge in [-0.3, -0.25) is 4.79 Å². The van der Waals surface area contributed by atoms with Crippen LogP contribution in [0.4, 0.5) is 23.0 Å². The smallest absolute Gasteiger partial charge is 0.236 e. The molecular weight excluding hydrogens is 494 g/mol. The van der Waals surface area contributed by atoms with Gasteiger partial charge in [-0.15, -0.1) is 0 Å². The number of anilines is 4. The van der Waals surface area contributed by atoms with E-state index < -0.39 is 0 Å². The van der Waals surface area contributed by atoms with E-state index in [0.29, 0.717) is 37.0 Å². The molecule has 0 spiro atoms. The maximum absolute atomic E-state index is 12.3. The lowest BCUT2D eigenvalue weighted by Gasteiger charge is -2.33. The Labute approximate surface area is 229 Å². The lowest BCUT2D eigenvalue weighted by atomic mass is 10.1. The number of nitrogens with zero attached hydrogens (tertiary/aromatic N) is 5. The molecule has 0 bridgehead atoms. The number of ether oxygens (including phenoxy) is 2.